The lowest BCUT2D eigenvalue weighted by atomic mass is 10.2. The molecule has 0 aliphatic heterocycles. The summed E-state index contributed by atoms with van der Waals surface area (Å²) in [5, 5.41) is 0. The van der Waals surface area contributed by atoms with Crippen LogP contribution in [0.3, 0.4) is 0 Å². The van der Waals surface area contributed by atoms with Gasteiger partial charge in [-0.2, -0.15) is 0 Å². The molecule has 0 radical (unpaired) electrons. The maximum atomic E-state index is 11.9. The molecule has 0 saturated carbocycles. The summed E-state index contributed by atoms with van der Waals surface area (Å²) in [6, 6.07) is 5.35. The highest BCUT2D eigenvalue weighted by atomic mass is 79.9. The SMILES string of the molecule is COCCOc1cc(Br)ccc1C(=O)N(C)C. The van der Waals surface area contributed by atoms with Gasteiger partial charge in [0.2, 0.25) is 0 Å². The zero-order valence-electron chi connectivity index (χ0n) is 10.2. The maximum Gasteiger partial charge on any atom is 0.257 e. The topological polar surface area (TPSA) is 38.8 Å². The molecule has 1 amide bonds. The standard InChI is InChI=1S/C12H16BrNO3/c1-14(2)12(15)10-5-4-9(13)8-11(10)17-7-6-16-3/h4-5,8H,6-7H2,1-3H3. The molecule has 94 valence electrons. The van der Waals surface area contributed by atoms with E-state index in [9.17, 15) is 4.79 Å². The Morgan fingerprint density at radius 2 is 2.06 bits per heavy atom. The number of methoxy groups -OCH3 is 1. The molecule has 1 aromatic rings. The first-order chi connectivity index (χ1) is 8.06. The average molecular weight is 302 g/mol. The Labute approximate surface area is 110 Å². The minimum Gasteiger partial charge on any atom is -0.490 e. The van der Waals surface area contributed by atoms with Crippen molar-refractivity contribution in [3.63, 3.8) is 0 Å². The van der Waals surface area contributed by atoms with Crippen LogP contribution in [0.25, 0.3) is 0 Å². The maximum absolute atomic E-state index is 11.9. The van der Waals surface area contributed by atoms with Crippen molar-refractivity contribution in [2.24, 2.45) is 0 Å². The van der Waals surface area contributed by atoms with Crippen molar-refractivity contribution in [1.29, 1.82) is 0 Å². The Hall–Kier alpha value is -1.07. The van der Waals surface area contributed by atoms with E-state index in [2.05, 4.69) is 15.9 Å². The Bertz CT molecular complexity index is 393. The summed E-state index contributed by atoms with van der Waals surface area (Å²) in [6.07, 6.45) is 0. The molecule has 17 heavy (non-hydrogen) atoms. The number of hydrogen-bond acceptors (Lipinski definition) is 3. The molecule has 0 saturated heterocycles. The monoisotopic (exact) mass is 301 g/mol. The zero-order chi connectivity index (χ0) is 12.8. The molecule has 0 heterocycles. The van der Waals surface area contributed by atoms with E-state index in [-0.39, 0.29) is 5.91 Å². The van der Waals surface area contributed by atoms with E-state index >= 15 is 0 Å². The lowest BCUT2D eigenvalue weighted by Gasteiger charge is -2.15. The third-order valence-corrected chi connectivity index (χ3v) is 2.62. The van der Waals surface area contributed by atoms with Crippen molar-refractivity contribution in [3.8, 4) is 5.75 Å². The normalized spacial score (nSPS) is 10.1. The summed E-state index contributed by atoms with van der Waals surface area (Å²) in [7, 11) is 5.03. The van der Waals surface area contributed by atoms with Gasteiger partial charge < -0.3 is 14.4 Å². The highest BCUT2D eigenvalue weighted by Gasteiger charge is 2.14. The van der Waals surface area contributed by atoms with Crippen molar-refractivity contribution in [3.05, 3.63) is 28.2 Å². The van der Waals surface area contributed by atoms with Crippen LogP contribution < -0.4 is 4.74 Å². The van der Waals surface area contributed by atoms with Crippen LogP contribution in [0.2, 0.25) is 0 Å². The van der Waals surface area contributed by atoms with Crippen molar-refractivity contribution in [1.82, 2.24) is 4.90 Å². The molecule has 4 nitrogen and oxygen atoms in total. The number of rotatable bonds is 5. The van der Waals surface area contributed by atoms with Crippen LogP contribution >= 0.6 is 15.9 Å². The first kappa shape index (κ1) is 14.0. The fraction of sp³-hybridized carbons (Fsp3) is 0.417. The predicted molar refractivity (Wildman–Crippen MR) is 69.5 cm³/mol. The van der Waals surface area contributed by atoms with Crippen LogP contribution in [0.1, 0.15) is 10.4 Å². The number of carbonyl (C=O) groups is 1. The van der Waals surface area contributed by atoms with Crippen LogP contribution in [0.5, 0.6) is 5.75 Å². The summed E-state index contributed by atoms with van der Waals surface area (Å²) < 4.78 is 11.3. The predicted octanol–water partition coefficient (Wildman–Crippen LogP) is 2.18. The van der Waals surface area contributed by atoms with Crippen LogP contribution in [-0.4, -0.2) is 45.2 Å². The van der Waals surface area contributed by atoms with Gasteiger partial charge in [-0.1, -0.05) is 15.9 Å². The van der Waals surface area contributed by atoms with E-state index in [0.717, 1.165) is 4.47 Å². The second kappa shape index (κ2) is 6.61. The van der Waals surface area contributed by atoms with E-state index in [1.54, 1.807) is 33.3 Å². The van der Waals surface area contributed by atoms with Gasteiger partial charge in [0.05, 0.1) is 12.2 Å². The second-order valence-corrected chi connectivity index (χ2v) is 4.60. The lowest BCUT2D eigenvalue weighted by Crippen LogP contribution is -2.22. The molecule has 0 N–H and O–H groups in total. The Kier molecular flexibility index (Phi) is 5.44. The number of amides is 1. The lowest BCUT2D eigenvalue weighted by molar-refractivity contribution is 0.0820. The van der Waals surface area contributed by atoms with Crippen LogP contribution in [0, 0.1) is 0 Å². The third-order valence-electron chi connectivity index (χ3n) is 2.13. The molecule has 1 aromatic carbocycles. The summed E-state index contributed by atoms with van der Waals surface area (Å²) in [5.74, 6) is 0.486. The molecule has 0 bridgehead atoms. The molecule has 0 spiro atoms. The van der Waals surface area contributed by atoms with Crippen LogP contribution in [0.4, 0.5) is 0 Å². The number of nitrogens with zero attached hydrogens (tertiary/aromatic N) is 1. The third kappa shape index (κ3) is 4.02. The van der Waals surface area contributed by atoms with Crippen molar-refractivity contribution >= 4 is 21.8 Å². The molecular formula is C12H16BrNO3. The molecule has 1 rings (SSSR count). The van der Waals surface area contributed by atoms with E-state index in [1.807, 2.05) is 6.07 Å². The Morgan fingerprint density at radius 1 is 1.35 bits per heavy atom. The molecule has 5 heteroatoms. The fourth-order valence-electron chi connectivity index (χ4n) is 1.27. The number of carbonyl (C=O) groups excluding carboxylic acids is 1. The fourth-order valence-corrected chi connectivity index (χ4v) is 1.61. The average Bonchev–Trinajstić information content (AvgIpc) is 2.28. The molecule has 0 aromatic heterocycles. The van der Waals surface area contributed by atoms with Gasteiger partial charge in [0.15, 0.2) is 0 Å². The molecule has 0 aliphatic rings. The minimum absolute atomic E-state index is 0.0788. The number of benzene rings is 1. The van der Waals surface area contributed by atoms with E-state index in [4.69, 9.17) is 9.47 Å². The molecule has 0 unspecified atom stereocenters. The quantitative estimate of drug-likeness (QED) is 0.783. The number of halogens is 1. The highest BCUT2D eigenvalue weighted by molar-refractivity contribution is 9.10. The minimum atomic E-state index is -0.0788. The van der Waals surface area contributed by atoms with Gasteiger partial charge in [0.25, 0.3) is 5.91 Å². The van der Waals surface area contributed by atoms with Gasteiger partial charge >= 0.3 is 0 Å². The van der Waals surface area contributed by atoms with Gasteiger partial charge in [0.1, 0.15) is 12.4 Å². The molecule has 0 fully saturated rings. The first-order valence-electron chi connectivity index (χ1n) is 5.19. The summed E-state index contributed by atoms with van der Waals surface area (Å²) >= 11 is 3.36. The zero-order valence-corrected chi connectivity index (χ0v) is 11.8. The molecule has 0 atom stereocenters. The van der Waals surface area contributed by atoms with Gasteiger partial charge in [-0.05, 0) is 18.2 Å². The molecular weight excluding hydrogens is 286 g/mol. The summed E-state index contributed by atoms with van der Waals surface area (Å²) in [4.78, 5) is 13.4. The van der Waals surface area contributed by atoms with Gasteiger partial charge in [-0.25, -0.2) is 0 Å². The molecule has 0 aliphatic carbocycles. The summed E-state index contributed by atoms with van der Waals surface area (Å²) in [6.45, 7) is 0.906. The Morgan fingerprint density at radius 3 is 2.65 bits per heavy atom. The van der Waals surface area contributed by atoms with Crippen molar-refractivity contribution < 1.29 is 14.3 Å². The highest BCUT2D eigenvalue weighted by Crippen LogP contribution is 2.24. The van der Waals surface area contributed by atoms with Crippen molar-refractivity contribution in [2.75, 3.05) is 34.4 Å². The second-order valence-electron chi connectivity index (χ2n) is 3.68. The summed E-state index contributed by atoms with van der Waals surface area (Å²) in [5.41, 5.74) is 0.550. The largest absolute Gasteiger partial charge is 0.490 e. The van der Waals surface area contributed by atoms with E-state index in [0.29, 0.717) is 24.5 Å². The van der Waals surface area contributed by atoms with Gasteiger partial charge in [0, 0.05) is 25.7 Å². The first-order valence-corrected chi connectivity index (χ1v) is 5.98. The number of ether oxygens (including phenoxy) is 2. The number of hydrogen-bond donors (Lipinski definition) is 0. The van der Waals surface area contributed by atoms with Gasteiger partial charge in [-0.15, -0.1) is 0 Å². The smallest absolute Gasteiger partial charge is 0.257 e. The van der Waals surface area contributed by atoms with Crippen LogP contribution in [0.15, 0.2) is 22.7 Å². The Balaban J connectivity index is 2.91. The van der Waals surface area contributed by atoms with E-state index in [1.165, 1.54) is 4.90 Å². The van der Waals surface area contributed by atoms with Crippen molar-refractivity contribution in [2.45, 2.75) is 0 Å². The van der Waals surface area contributed by atoms with E-state index < -0.39 is 0 Å². The van der Waals surface area contributed by atoms with Gasteiger partial charge in [-0.3, -0.25) is 4.79 Å². The van der Waals surface area contributed by atoms with Crippen LogP contribution in [-0.2, 0) is 4.74 Å².